The van der Waals surface area contributed by atoms with Crippen molar-refractivity contribution in [3.05, 3.63) is 22.8 Å². The van der Waals surface area contributed by atoms with Crippen LogP contribution in [-0.2, 0) is 4.74 Å². The first-order valence-electron chi connectivity index (χ1n) is 6.72. The molecule has 7 heteroatoms. The number of anilines is 1. The lowest BCUT2D eigenvalue weighted by Gasteiger charge is -2.41. The lowest BCUT2D eigenvalue weighted by molar-refractivity contribution is 0.0522. The van der Waals surface area contributed by atoms with Crippen molar-refractivity contribution in [2.24, 2.45) is 0 Å². The van der Waals surface area contributed by atoms with Crippen LogP contribution in [0.1, 0.15) is 0 Å². The standard InChI is InChI=1S/C13H17BrN4O2/c14-11-2-1-3-15-12(11)18-8-10(9-18)16-13(19)17-4-6-20-7-5-17/h1-3,10H,4-9H2,(H,16,19). The Bertz CT molecular complexity index is 487. The predicted octanol–water partition coefficient (Wildman–Crippen LogP) is 1.07. The van der Waals surface area contributed by atoms with Crippen molar-refractivity contribution in [1.29, 1.82) is 0 Å². The third kappa shape index (κ3) is 2.88. The number of amides is 2. The number of pyridine rings is 1. The van der Waals surface area contributed by atoms with E-state index < -0.39 is 0 Å². The van der Waals surface area contributed by atoms with Gasteiger partial charge in [0.05, 0.1) is 23.7 Å². The molecule has 0 unspecified atom stereocenters. The minimum atomic E-state index is 0.0121. The molecule has 0 aliphatic carbocycles. The van der Waals surface area contributed by atoms with Crippen molar-refractivity contribution in [1.82, 2.24) is 15.2 Å². The van der Waals surface area contributed by atoms with Crippen molar-refractivity contribution >= 4 is 27.8 Å². The Morgan fingerprint density at radius 2 is 2.15 bits per heavy atom. The van der Waals surface area contributed by atoms with Crippen molar-refractivity contribution < 1.29 is 9.53 Å². The highest BCUT2D eigenvalue weighted by Crippen LogP contribution is 2.26. The number of hydrogen-bond acceptors (Lipinski definition) is 4. The van der Waals surface area contributed by atoms with Crippen molar-refractivity contribution in [2.45, 2.75) is 6.04 Å². The second-order valence-corrected chi connectivity index (χ2v) is 5.81. The van der Waals surface area contributed by atoms with Crippen LogP contribution in [0.15, 0.2) is 22.8 Å². The maximum absolute atomic E-state index is 12.0. The van der Waals surface area contributed by atoms with Gasteiger partial charge in [-0.2, -0.15) is 0 Å². The fourth-order valence-corrected chi connectivity index (χ4v) is 2.89. The number of nitrogens with one attached hydrogen (secondary N) is 1. The van der Waals surface area contributed by atoms with Crippen LogP contribution in [0, 0.1) is 0 Å². The molecule has 1 aromatic rings. The fraction of sp³-hybridized carbons (Fsp3) is 0.538. The topological polar surface area (TPSA) is 57.7 Å². The number of ether oxygens (including phenoxy) is 1. The van der Waals surface area contributed by atoms with Crippen LogP contribution in [0.3, 0.4) is 0 Å². The molecular formula is C13H17BrN4O2. The first-order valence-corrected chi connectivity index (χ1v) is 7.52. The second-order valence-electron chi connectivity index (χ2n) is 4.96. The lowest BCUT2D eigenvalue weighted by Crippen LogP contribution is -2.62. The molecule has 2 aliphatic heterocycles. The molecule has 1 N–H and O–H groups in total. The molecule has 0 bridgehead atoms. The van der Waals surface area contributed by atoms with Gasteiger partial charge < -0.3 is 19.9 Å². The maximum Gasteiger partial charge on any atom is 0.317 e. The summed E-state index contributed by atoms with van der Waals surface area (Å²) < 4.78 is 6.22. The average Bonchev–Trinajstić information content (AvgIpc) is 2.44. The number of carbonyl (C=O) groups is 1. The number of halogens is 1. The monoisotopic (exact) mass is 340 g/mol. The minimum Gasteiger partial charge on any atom is -0.378 e. The Hall–Kier alpha value is -1.34. The van der Waals surface area contributed by atoms with E-state index in [-0.39, 0.29) is 12.1 Å². The Kier molecular flexibility index (Phi) is 4.07. The zero-order valence-electron chi connectivity index (χ0n) is 11.1. The smallest absolute Gasteiger partial charge is 0.317 e. The van der Waals surface area contributed by atoms with Crippen LogP contribution in [-0.4, -0.2) is 61.3 Å². The predicted molar refractivity (Wildman–Crippen MR) is 78.9 cm³/mol. The molecule has 2 aliphatic rings. The Balaban J connectivity index is 1.48. The summed E-state index contributed by atoms with van der Waals surface area (Å²) in [4.78, 5) is 20.3. The summed E-state index contributed by atoms with van der Waals surface area (Å²) in [6.45, 7) is 4.20. The van der Waals surface area contributed by atoms with E-state index >= 15 is 0 Å². The summed E-state index contributed by atoms with van der Waals surface area (Å²) in [5.74, 6) is 0.935. The largest absolute Gasteiger partial charge is 0.378 e. The van der Waals surface area contributed by atoms with Crippen LogP contribution < -0.4 is 10.2 Å². The molecule has 2 fully saturated rings. The van der Waals surface area contributed by atoms with E-state index in [0.29, 0.717) is 26.3 Å². The summed E-state index contributed by atoms with van der Waals surface area (Å²) >= 11 is 3.49. The Labute approximate surface area is 126 Å². The molecule has 0 saturated carbocycles. The van der Waals surface area contributed by atoms with Gasteiger partial charge in [0.15, 0.2) is 0 Å². The summed E-state index contributed by atoms with van der Waals surface area (Å²) in [5, 5.41) is 3.05. The van der Waals surface area contributed by atoms with Crippen molar-refractivity contribution in [2.75, 3.05) is 44.3 Å². The molecule has 108 valence electrons. The maximum atomic E-state index is 12.0. The fourth-order valence-electron chi connectivity index (χ4n) is 2.39. The molecule has 2 saturated heterocycles. The van der Waals surface area contributed by atoms with Crippen LogP contribution in [0.25, 0.3) is 0 Å². The normalized spacial score (nSPS) is 19.6. The summed E-state index contributed by atoms with van der Waals surface area (Å²) in [7, 11) is 0. The van der Waals surface area contributed by atoms with E-state index in [4.69, 9.17) is 4.74 Å². The number of carbonyl (C=O) groups excluding carboxylic acids is 1. The molecule has 0 spiro atoms. The van der Waals surface area contributed by atoms with Gasteiger partial charge in [0, 0.05) is 32.4 Å². The third-order valence-corrected chi connectivity index (χ3v) is 4.17. The molecule has 1 aromatic heterocycles. The van der Waals surface area contributed by atoms with E-state index in [9.17, 15) is 4.79 Å². The summed E-state index contributed by atoms with van der Waals surface area (Å²) in [5.41, 5.74) is 0. The second kappa shape index (κ2) is 5.97. The molecule has 0 aromatic carbocycles. The molecule has 3 heterocycles. The highest BCUT2D eigenvalue weighted by atomic mass is 79.9. The molecular weight excluding hydrogens is 324 g/mol. The first-order chi connectivity index (χ1) is 9.74. The summed E-state index contributed by atoms with van der Waals surface area (Å²) in [6, 6.07) is 4.07. The average molecular weight is 341 g/mol. The van der Waals surface area contributed by atoms with Crippen LogP contribution in [0.2, 0.25) is 0 Å². The highest BCUT2D eigenvalue weighted by Gasteiger charge is 2.31. The Morgan fingerprint density at radius 1 is 1.40 bits per heavy atom. The van der Waals surface area contributed by atoms with Gasteiger partial charge in [0.25, 0.3) is 0 Å². The lowest BCUT2D eigenvalue weighted by atomic mass is 10.1. The van der Waals surface area contributed by atoms with Gasteiger partial charge >= 0.3 is 6.03 Å². The van der Waals surface area contributed by atoms with Crippen LogP contribution in [0.5, 0.6) is 0 Å². The Morgan fingerprint density at radius 3 is 2.85 bits per heavy atom. The zero-order valence-corrected chi connectivity index (χ0v) is 12.7. The molecule has 20 heavy (non-hydrogen) atoms. The first kappa shape index (κ1) is 13.6. The van der Waals surface area contributed by atoms with E-state index in [1.165, 1.54) is 0 Å². The van der Waals surface area contributed by atoms with Gasteiger partial charge in [-0.15, -0.1) is 0 Å². The number of nitrogens with zero attached hydrogens (tertiary/aromatic N) is 3. The molecule has 0 radical (unpaired) electrons. The van der Waals surface area contributed by atoms with E-state index in [2.05, 4.69) is 31.1 Å². The molecule has 0 atom stereocenters. The number of aromatic nitrogens is 1. The summed E-state index contributed by atoms with van der Waals surface area (Å²) in [6.07, 6.45) is 1.78. The van der Waals surface area contributed by atoms with Crippen LogP contribution in [0.4, 0.5) is 10.6 Å². The minimum absolute atomic E-state index is 0.0121. The SMILES string of the molecule is O=C(NC1CN(c2ncccc2Br)C1)N1CCOCC1. The molecule has 6 nitrogen and oxygen atoms in total. The zero-order chi connectivity index (χ0) is 13.9. The van der Waals surface area contributed by atoms with Crippen LogP contribution >= 0.6 is 15.9 Å². The van der Waals surface area contributed by atoms with Gasteiger partial charge in [-0.25, -0.2) is 9.78 Å². The third-order valence-electron chi connectivity index (χ3n) is 3.55. The van der Waals surface area contributed by atoms with E-state index in [0.717, 1.165) is 23.4 Å². The number of rotatable bonds is 2. The van der Waals surface area contributed by atoms with Crippen molar-refractivity contribution in [3.8, 4) is 0 Å². The highest BCUT2D eigenvalue weighted by molar-refractivity contribution is 9.10. The number of hydrogen-bond donors (Lipinski definition) is 1. The van der Waals surface area contributed by atoms with Gasteiger partial charge in [-0.1, -0.05) is 0 Å². The van der Waals surface area contributed by atoms with Gasteiger partial charge in [-0.3, -0.25) is 0 Å². The molecule has 2 amide bonds. The van der Waals surface area contributed by atoms with Gasteiger partial charge in [-0.05, 0) is 28.1 Å². The van der Waals surface area contributed by atoms with E-state index in [1.54, 1.807) is 6.20 Å². The number of morpholine rings is 1. The van der Waals surface area contributed by atoms with Gasteiger partial charge in [0.1, 0.15) is 5.82 Å². The van der Waals surface area contributed by atoms with Crippen molar-refractivity contribution in [3.63, 3.8) is 0 Å². The quantitative estimate of drug-likeness (QED) is 0.875. The molecule has 3 rings (SSSR count). The number of urea groups is 1. The van der Waals surface area contributed by atoms with Gasteiger partial charge in [0.2, 0.25) is 0 Å². The van der Waals surface area contributed by atoms with E-state index in [1.807, 2.05) is 17.0 Å².